The van der Waals surface area contributed by atoms with Crippen LogP contribution in [0.1, 0.15) is 58.9 Å². The number of rotatable bonds is 10. The molecule has 38 heavy (non-hydrogen) atoms. The lowest BCUT2D eigenvalue weighted by molar-refractivity contribution is -0.139. The Morgan fingerprint density at radius 1 is 1.08 bits per heavy atom. The van der Waals surface area contributed by atoms with Crippen LogP contribution in [0.25, 0.3) is 0 Å². The molecular formula is C24H22ClF5N4O4. The number of aromatic nitrogens is 1. The van der Waals surface area contributed by atoms with E-state index in [1.165, 1.54) is 0 Å². The molecule has 0 unspecified atom stereocenters. The molecule has 3 N–H and O–H groups in total. The molecule has 0 radical (unpaired) electrons. The zero-order valence-corrected chi connectivity index (χ0v) is 20.6. The number of halogens is 6. The van der Waals surface area contributed by atoms with E-state index in [0.29, 0.717) is 25.8 Å². The number of amides is 3. The lowest BCUT2D eigenvalue weighted by atomic mass is 10.0. The number of carbonyl (C=O) groups excluding carboxylic acids is 4. The van der Waals surface area contributed by atoms with Crippen LogP contribution in [0, 0.1) is 0 Å². The Hall–Kier alpha value is -3.61. The SMILES string of the molecule is CC(F)(F)CC[C@H](NC(=O)c1cc(Cl)cnc1NC(=O)c1cccc(C(F)(F)F)c1)C(=O)C(=O)NC1CC1. The van der Waals surface area contributed by atoms with Crippen LogP contribution in [0.4, 0.5) is 27.8 Å². The van der Waals surface area contributed by atoms with Gasteiger partial charge in [0.05, 0.1) is 22.2 Å². The molecule has 1 aliphatic rings. The van der Waals surface area contributed by atoms with E-state index in [2.05, 4.69) is 20.9 Å². The third-order valence-corrected chi connectivity index (χ3v) is 5.62. The van der Waals surface area contributed by atoms with Gasteiger partial charge in [-0.3, -0.25) is 19.2 Å². The fraction of sp³-hybridized carbons (Fsp3) is 0.375. The number of pyridine rings is 1. The van der Waals surface area contributed by atoms with Gasteiger partial charge in [0.25, 0.3) is 17.7 Å². The minimum absolute atomic E-state index is 0.0818. The lowest BCUT2D eigenvalue weighted by Crippen LogP contribution is -2.48. The molecule has 1 aromatic carbocycles. The lowest BCUT2D eigenvalue weighted by Gasteiger charge is -2.20. The fourth-order valence-corrected chi connectivity index (χ4v) is 3.43. The number of nitrogens with zero attached hydrogens (tertiary/aromatic N) is 1. The van der Waals surface area contributed by atoms with Gasteiger partial charge in [0.1, 0.15) is 5.82 Å². The van der Waals surface area contributed by atoms with Crippen molar-refractivity contribution in [3.8, 4) is 0 Å². The smallest absolute Gasteiger partial charge is 0.347 e. The number of benzene rings is 1. The zero-order chi connectivity index (χ0) is 28.3. The number of hydrogen-bond acceptors (Lipinski definition) is 5. The second-order valence-electron chi connectivity index (χ2n) is 8.83. The highest BCUT2D eigenvalue weighted by atomic mass is 35.5. The Kier molecular flexibility index (Phi) is 8.70. The van der Waals surface area contributed by atoms with Crippen molar-refractivity contribution in [2.45, 2.75) is 56.8 Å². The van der Waals surface area contributed by atoms with Crippen molar-refractivity contribution >= 4 is 40.9 Å². The summed E-state index contributed by atoms with van der Waals surface area (Å²) in [7, 11) is 0. The molecular weight excluding hydrogens is 539 g/mol. The maximum Gasteiger partial charge on any atom is 0.416 e. The number of alkyl halides is 5. The normalized spacial score (nSPS) is 14.4. The average Bonchev–Trinajstić information content (AvgIpc) is 3.65. The summed E-state index contributed by atoms with van der Waals surface area (Å²) in [5, 5.41) is 6.76. The van der Waals surface area contributed by atoms with Gasteiger partial charge in [-0.05, 0) is 50.5 Å². The van der Waals surface area contributed by atoms with Crippen LogP contribution in [0.5, 0.6) is 0 Å². The van der Waals surface area contributed by atoms with E-state index in [1.807, 2.05) is 0 Å². The summed E-state index contributed by atoms with van der Waals surface area (Å²) in [5.41, 5.74) is -1.88. The predicted octanol–water partition coefficient (Wildman–Crippen LogP) is 4.39. The zero-order valence-electron chi connectivity index (χ0n) is 19.8. The van der Waals surface area contributed by atoms with Crippen molar-refractivity contribution in [2.24, 2.45) is 0 Å². The molecule has 2 aromatic rings. The topological polar surface area (TPSA) is 117 Å². The highest BCUT2D eigenvalue weighted by Crippen LogP contribution is 2.30. The molecule has 1 aliphatic carbocycles. The third-order valence-electron chi connectivity index (χ3n) is 5.41. The van der Waals surface area contributed by atoms with Gasteiger partial charge < -0.3 is 16.0 Å². The third kappa shape index (κ3) is 8.20. The van der Waals surface area contributed by atoms with Gasteiger partial charge in [-0.1, -0.05) is 17.7 Å². The Morgan fingerprint density at radius 2 is 1.76 bits per heavy atom. The minimum Gasteiger partial charge on any atom is -0.347 e. The average molecular weight is 561 g/mol. The number of carbonyl (C=O) groups is 4. The summed E-state index contributed by atoms with van der Waals surface area (Å²) in [6, 6.07) is 2.70. The summed E-state index contributed by atoms with van der Waals surface area (Å²) >= 11 is 5.91. The fourth-order valence-electron chi connectivity index (χ4n) is 3.27. The van der Waals surface area contributed by atoms with Crippen LogP contribution in [0.15, 0.2) is 36.5 Å². The molecule has 1 fully saturated rings. The van der Waals surface area contributed by atoms with Gasteiger partial charge in [-0.2, -0.15) is 13.2 Å². The van der Waals surface area contributed by atoms with Crippen LogP contribution >= 0.6 is 11.6 Å². The number of ketones is 1. The molecule has 1 aromatic heterocycles. The van der Waals surface area contributed by atoms with Gasteiger partial charge in [0, 0.05) is 24.2 Å². The molecule has 14 heteroatoms. The number of hydrogen-bond donors (Lipinski definition) is 3. The maximum atomic E-state index is 13.5. The Morgan fingerprint density at radius 3 is 2.37 bits per heavy atom. The van der Waals surface area contributed by atoms with E-state index in [9.17, 15) is 41.1 Å². The predicted molar refractivity (Wildman–Crippen MR) is 126 cm³/mol. The monoisotopic (exact) mass is 560 g/mol. The molecule has 1 heterocycles. The Balaban J connectivity index is 1.83. The molecule has 0 saturated heterocycles. The van der Waals surface area contributed by atoms with E-state index in [4.69, 9.17) is 11.6 Å². The first-order valence-electron chi connectivity index (χ1n) is 11.3. The van der Waals surface area contributed by atoms with E-state index in [-0.39, 0.29) is 11.1 Å². The summed E-state index contributed by atoms with van der Waals surface area (Å²) in [4.78, 5) is 54.4. The molecule has 1 atom stereocenters. The first-order valence-corrected chi connectivity index (χ1v) is 11.7. The maximum absolute atomic E-state index is 13.5. The molecule has 0 bridgehead atoms. The largest absolute Gasteiger partial charge is 0.416 e. The van der Waals surface area contributed by atoms with Crippen molar-refractivity contribution in [2.75, 3.05) is 5.32 Å². The van der Waals surface area contributed by atoms with Gasteiger partial charge in [0.2, 0.25) is 11.7 Å². The van der Waals surface area contributed by atoms with Crippen LogP contribution in [-0.4, -0.2) is 46.5 Å². The van der Waals surface area contributed by atoms with Gasteiger partial charge in [0.15, 0.2) is 0 Å². The van der Waals surface area contributed by atoms with Crippen molar-refractivity contribution in [1.29, 1.82) is 0 Å². The first kappa shape index (κ1) is 29.0. The summed E-state index contributed by atoms with van der Waals surface area (Å²) < 4.78 is 66.0. The minimum atomic E-state index is -4.71. The Labute approximate surface area is 218 Å². The van der Waals surface area contributed by atoms with Crippen molar-refractivity contribution in [1.82, 2.24) is 15.6 Å². The second-order valence-corrected chi connectivity index (χ2v) is 9.27. The van der Waals surface area contributed by atoms with Crippen LogP contribution in [0.2, 0.25) is 5.02 Å². The molecule has 8 nitrogen and oxygen atoms in total. The highest BCUT2D eigenvalue weighted by Gasteiger charge is 2.34. The molecule has 0 aliphatic heterocycles. The van der Waals surface area contributed by atoms with Crippen LogP contribution < -0.4 is 16.0 Å². The van der Waals surface area contributed by atoms with Crippen molar-refractivity contribution < 1.29 is 41.1 Å². The first-order chi connectivity index (χ1) is 17.6. The van der Waals surface area contributed by atoms with Crippen molar-refractivity contribution in [3.05, 3.63) is 58.2 Å². The molecule has 1 saturated carbocycles. The molecule has 204 valence electrons. The number of nitrogens with one attached hydrogen (secondary N) is 3. The number of anilines is 1. The number of Topliss-reactive ketones (excluding diaryl/α,β-unsaturated/α-hetero) is 1. The van der Waals surface area contributed by atoms with Crippen LogP contribution in [-0.2, 0) is 15.8 Å². The van der Waals surface area contributed by atoms with Gasteiger partial charge in [-0.25, -0.2) is 13.8 Å². The summed E-state index contributed by atoms with van der Waals surface area (Å²) in [6.45, 7) is 0.614. The van der Waals surface area contributed by atoms with Crippen LogP contribution in [0.3, 0.4) is 0 Å². The standard InChI is InChI=1S/C24H22ClF5N4O4/c1-23(26,27)8-7-17(18(35)22(38)32-15-5-6-15)33-21(37)16-10-14(25)11-31-19(16)34-20(36)12-3-2-4-13(9-12)24(28,29)30/h2-4,9-11,15,17H,5-8H2,1H3,(H,32,38)(H,33,37)(H,31,34,36)/t17-/m0/s1. The molecule has 0 spiro atoms. The van der Waals surface area contributed by atoms with E-state index >= 15 is 0 Å². The van der Waals surface area contributed by atoms with E-state index in [1.54, 1.807) is 0 Å². The summed E-state index contributed by atoms with van der Waals surface area (Å²) in [6.07, 6.45) is -3.75. The second kappa shape index (κ2) is 11.4. The molecule has 3 amide bonds. The highest BCUT2D eigenvalue weighted by molar-refractivity contribution is 6.38. The Bertz CT molecular complexity index is 1250. The summed E-state index contributed by atoms with van der Waals surface area (Å²) in [5.74, 6) is -7.93. The van der Waals surface area contributed by atoms with Crippen molar-refractivity contribution in [3.63, 3.8) is 0 Å². The van der Waals surface area contributed by atoms with Gasteiger partial charge >= 0.3 is 6.18 Å². The molecule has 3 rings (SSSR count). The quantitative estimate of drug-likeness (QED) is 0.294. The van der Waals surface area contributed by atoms with E-state index < -0.39 is 77.0 Å². The van der Waals surface area contributed by atoms with Gasteiger partial charge in [-0.15, -0.1) is 0 Å². The van der Waals surface area contributed by atoms with E-state index in [0.717, 1.165) is 30.5 Å².